The minimum absolute atomic E-state index is 0.273. The van der Waals surface area contributed by atoms with E-state index in [0.717, 1.165) is 19.5 Å². The summed E-state index contributed by atoms with van der Waals surface area (Å²) in [5.74, 6) is 0.285. The molecule has 11 heavy (non-hydrogen) atoms. The molecule has 2 atom stereocenters. The number of hydrogen-bond acceptors (Lipinski definition) is 2. The first-order valence-corrected chi connectivity index (χ1v) is 4.12. The molecule has 0 saturated carbocycles. The fourth-order valence-corrected chi connectivity index (χ4v) is 1.39. The third-order valence-corrected chi connectivity index (χ3v) is 2.19. The number of nitrogens with one attached hydrogen (secondary N) is 1. The van der Waals surface area contributed by atoms with Crippen LogP contribution in [0.5, 0.6) is 0 Å². The predicted molar refractivity (Wildman–Crippen MR) is 41.3 cm³/mol. The molecule has 0 aliphatic carbocycles. The third-order valence-electron chi connectivity index (χ3n) is 1.95. The maximum absolute atomic E-state index is 12.7. The number of hydrogen-bond donors (Lipinski definition) is 1. The number of rotatable bonds is 3. The average molecular weight is 180 g/mol. The molecule has 0 aromatic carbocycles. The number of halogens is 2. The van der Waals surface area contributed by atoms with Gasteiger partial charge in [0, 0.05) is 0 Å². The summed E-state index contributed by atoms with van der Waals surface area (Å²) in [4.78, 5) is 10.3. The van der Waals surface area contributed by atoms with Crippen LogP contribution in [0.3, 0.4) is 0 Å². The van der Waals surface area contributed by atoms with E-state index >= 15 is 0 Å². The molecule has 0 spiro atoms. The molecule has 1 aliphatic heterocycles. The van der Waals surface area contributed by atoms with E-state index in [2.05, 4.69) is 5.32 Å². The van der Waals surface area contributed by atoms with Gasteiger partial charge in [-0.2, -0.15) is 0 Å². The van der Waals surface area contributed by atoms with E-state index in [4.69, 9.17) is 11.6 Å². The van der Waals surface area contributed by atoms with Gasteiger partial charge in [-0.1, -0.05) is 0 Å². The summed E-state index contributed by atoms with van der Waals surface area (Å²) in [6.07, 6.45) is -0.249. The first-order chi connectivity index (χ1) is 5.20. The van der Waals surface area contributed by atoms with Crippen molar-refractivity contribution in [3.05, 3.63) is 0 Å². The van der Waals surface area contributed by atoms with E-state index in [0.29, 0.717) is 0 Å². The summed E-state index contributed by atoms with van der Waals surface area (Å²) in [5.41, 5.74) is 0. The molecule has 0 radical (unpaired) electrons. The van der Waals surface area contributed by atoms with E-state index in [-0.39, 0.29) is 12.3 Å². The van der Waals surface area contributed by atoms with Crippen molar-refractivity contribution in [3.63, 3.8) is 0 Å². The summed E-state index contributed by atoms with van der Waals surface area (Å²) in [6.45, 7) is 1.73. The predicted octanol–water partition coefficient (Wildman–Crippen LogP) is 1.09. The SMILES string of the molecule is O=C(Cl)C(F)CC1CCNC1. The summed E-state index contributed by atoms with van der Waals surface area (Å²) in [7, 11) is 0. The van der Waals surface area contributed by atoms with Gasteiger partial charge in [-0.15, -0.1) is 0 Å². The van der Waals surface area contributed by atoms with Gasteiger partial charge in [0.1, 0.15) is 0 Å². The molecule has 1 rings (SSSR count). The van der Waals surface area contributed by atoms with Gasteiger partial charge in [-0.3, -0.25) is 4.79 Å². The monoisotopic (exact) mass is 179 g/mol. The molecule has 1 heterocycles. The number of alkyl halides is 1. The summed E-state index contributed by atoms with van der Waals surface area (Å²) < 4.78 is 12.7. The molecule has 2 unspecified atom stereocenters. The maximum atomic E-state index is 12.7. The van der Waals surface area contributed by atoms with Gasteiger partial charge in [0.15, 0.2) is 6.17 Å². The topological polar surface area (TPSA) is 29.1 Å². The molecule has 0 aromatic heterocycles. The number of carbonyl (C=O) groups excluding carboxylic acids is 1. The lowest BCUT2D eigenvalue weighted by molar-refractivity contribution is -0.116. The van der Waals surface area contributed by atoms with E-state index in [1.807, 2.05) is 0 Å². The summed E-state index contributed by atoms with van der Waals surface area (Å²) in [5, 5.41) is 2.23. The molecule has 1 N–H and O–H groups in total. The molecule has 0 amide bonds. The lowest BCUT2D eigenvalue weighted by Crippen LogP contribution is -2.17. The number of carbonyl (C=O) groups is 1. The molecular formula is C7H11ClFNO. The fraction of sp³-hybridized carbons (Fsp3) is 0.857. The zero-order chi connectivity index (χ0) is 8.27. The van der Waals surface area contributed by atoms with Crippen molar-refractivity contribution in [2.75, 3.05) is 13.1 Å². The van der Waals surface area contributed by atoms with Crippen molar-refractivity contribution >= 4 is 16.8 Å². The Morgan fingerprint density at radius 2 is 2.55 bits per heavy atom. The zero-order valence-corrected chi connectivity index (χ0v) is 6.90. The van der Waals surface area contributed by atoms with Crippen molar-refractivity contribution in [2.45, 2.75) is 19.0 Å². The molecule has 2 nitrogen and oxygen atoms in total. The van der Waals surface area contributed by atoms with Crippen LogP contribution in [-0.2, 0) is 4.79 Å². The van der Waals surface area contributed by atoms with Crippen molar-refractivity contribution in [3.8, 4) is 0 Å². The summed E-state index contributed by atoms with van der Waals surface area (Å²) >= 11 is 4.97. The van der Waals surface area contributed by atoms with E-state index in [9.17, 15) is 9.18 Å². The second-order valence-electron chi connectivity index (χ2n) is 2.87. The smallest absolute Gasteiger partial charge is 0.255 e. The molecule has 0 bridgehead atoms. The van der Waals surface area contributed by atoms with Crippen LogP contribution in [0.15, 0.2) is 0 Å². The second kappa shape index (κ2) is 4.02. The van der Waals surface area contributed by atoms with Crippen LogP contribution in [0.2, 0.25) is 0 Å². The molecule has 1 aliphatic rings. The molecule has 0 aromatic rings. The highest BCUT2D eigenvalue weighted by Gasteiger charge is 2.22. The van der Waals surface area contributed by atoms with Crippen LogP contribution < -0.4 is 5.32 Å². The standard InChI is InChI=1S/C7H11ClFNO/c8-7(11)6(9)3-5-1-2-10-4-5/h5-6,10H,1-4H2. The normalized spacial score (nSPS) is 26.9. The highest BCUT2D eigenvalue weighted by atomic mass is 35.5. The largest absolute Gasteiger partial charge is 0.316 e. The van der Waals surface area contributed by atoms with Crippen LogP contribution in [0.4, 0.5) is 4.39 Å². The first-order valence-electron chi connectivity index (χ1n) is 3.74. The van der Waals surface area contributed by atoms with Crippen LogP contribution in [-0.4, -0.2) is 24.5 Å². The zero-order valence-electron chi connectivity index (χ0n) is 6.15. The van der Waals surface area contributed by atoms with Crippen LogP contribution in [0, 0.1) is 5.92 Å². The van der Waals surface area contributed by atoms with Gasteiger partial charge >= 0.3 is 0 Å². The quantitative estimate of drug-likeness (QED) is 0.658. The Balaban J connectivity index is 2.23. The highest BCUT2D eigenvalue weighted by molar-refractivity contribution is 6.64. The Morgan fingerprint density at radius 3 is 3.00 bits per heavy atom. The minimum Gasteiger partial charge on any atom is -0.316 e. The lowest BCUT2D eigenvalue weighted by atomic mass is 10.0. The van der Waals surface area contributed by atoms with Crippen LogP contribution >= 0.6 is 11.6 Å². The Labute approximate surface area is 70.1 Å². The molecule has 1 fully saturated rings. The van der Waals surface area contributed by atoms with Gasteiger partial charge < -0.3 is 5.32 Å². The highest BCUT2D eigenvalue weighted by Crippen LogP contribution is 2.17. The Kier molecular flexibility index (Phi) is 3.27. The van der Waals surface area contributed by atoms with Crippen molar-refractivity contribution in [2.24, 2.45) is 5.92 Å². The molecule has 1 saturated heterocycles. The van der Waals surface area contributed by atoms with Crippen LogP contribution in [0.25, 0.3) is 0 Å². The van der Waals surface area contributed by atoms with Crippen molar-refractivity contribution < 1.29 is 9.18 Å². The Bertz CT molecular complexity index is 147. The van der Waals surface area contributed by atoms with Gasteiger partial charge in [-0.05, 0) is 43.5 Å². The molecular weight excluding hydrogens is 169 g/mol. The van der Waals surface area contributed by atoms with E-state index in [1.165, 1.54) is 0 Å². The molecule has 64 valence electrons. The first kappa shape index (κ1) is 8.94. The maximum Gasteiger partial charge on any atom is 0.255 e. The second-order valence-corrected chi connectivity index (χ2v) is 3.24. The Hall–Kier alpha value is -0.150. The average Bonchev–Trinajstić information content (AvgIpc) is 2.39. The lowest BCUT2D eigenvalue weighted by Gasteiger charge is -2.08. The van der Waals surface area contributed by atoms with Crippen molar-refractivity contribution in [1.29, 1.82) is 0 Å². The van der Waals surface area contributed by atoms with Gasteiger partial charge in [0.2, 0.25) is 0 Å². The summed E-state index contributed by atoms with van der Waals surface area (Å²) in [6, 6.07) is 0. The van der Waals surface area contributed by atoms with Crippen molar-refractivity contribution in [1.82, 2.24) is 5.32 Å². The Morgan fingerprint density at radius 1 is 1.82 bits per heavy atom. The van der Waals surface area contributed by atoms with E-state index < -0.39 is 11.4 Å². The fourth-order valence-electron chi connectivity index (χ4n) is 1.30. The third kappa shape index (κ3) is 2.75. The van der Waals surface area contributed by atoms with Gasteiger partial charge in [0.25, 0.3) is 5.24 Å². The van der Waals surface area contributed by atoms with Crippen LogP contribution in [0.1, 0.15) is 12.8 Å². The minimum atomic E-state index is -1.47. The van der Waals surface area contributed by atoms with Gasteiger partial charge in [-0.25, -0.2) is 4.39 Å². The van der Waals surface area contributed by atoms with Gasteiger partial charge in [0.05, 0.1) is 0 Å². The molecule has 4 heteroatoms. The van der Waals surface area contributed by atoms with E-state index in [1.54, 1.807) is 0 Å².